The van der Waals surface area contributed by atoms with Crippen molar-refractivity contribution in [3.63, 3.8) is 0 Å². The highest BCUT2D eigenvalue weighted by Crippen LogP contribution is 2.41. The van der Waals surface area contributed by atoms with Gasteiger partial charge in [-0.25, -0.2) is 8.78 Å². The SMILES string of the molecule is Cc1c(B2OC(C)(C)C(C)(C)O2)cc2c(c1Cl)OC[C@H]1CC(F)(F)CN1C2=O. The van der Waals surface area contributed by atoms with E-state index >= 15 is 0 Å². The third-order valence-electron chi connectivity index (χ3n) is 6.30. The smallest absolute Gasteiger partial charge is 0.489 e. The topological polar surface area (TPSA) is 48.0 Å². The van der Waals surface area contributed by atoms with Gasteiger partial charge in [-0.3, -0.25) is 4.79 Å². The van der Waals surface area contributed by atoms with Crippen LogP contribution in [-0.4, -0.2) is 54.2 Å². The number of rotatable bonds is 1. The van der Waals surface area contributed by atoms with E-state index < -0.39 is 49.2 Å². The van der Waals surface area contributed by atoms with Gasteiger partial charge in [-0.2, -0.15) is 0 Å². The zero-order valence-corrected chi connectivity index (χ0v) is 17.3. The summed E-state index contributed by atoms with van der Waals surface area (Å²) in [7, 11) is -0.723. The highest BCUT2D eigenvalue weighted by Gasteiger charge is 2.53. The maximum Gasteiger partial charge on any atom is 0.495 e. The Hall–Kier alpha value is -1.38. The highest BCUT2D eigenvalue weighted by atomic mass is 35.5. The molecule has 0 N–H and O–H groups in total. The average Bonchev–Trinajstić information content (AvgIpc) is 2.95. The molecule has 0 saturated carbocycles. The van der Waals surface area contributed by atoms with Gasteiger partial charge in [-0.15, -0.1) is 0 Å². The summed E-state index contributed by atoms with van der Waals surface area (Å²) in [5, 5.41) is 0.281. The van der Waals surface area contributed by atoms with Gasteiger partial charge in [-0.05, 0) is 51.7 Å². The van der Waals surface area contributed by atoms with Crippen LogP contribution in [0.25, 0.3) is 0 Å². The van der Waals surface area contributed by atoms with Crippen LogP contribution in [0.1, 0.15) is 50.0 Å². The molecule has 28 heavy (non-hydrogen) atoms. The number of amides is 1. The van der Waals surface area contributed by atoms with E-state index in [1.54, 1.807) is 13.0 Å². The molecule has 3 heterocycles. The van der Waals surface area contributed by atoms with E-state index in [0.717, 1.165) is 0 Å². The zero-order chi connectivity index (χ0) is 20.6. The van der Waals surface area contributed by atoms with Crippen LogP contribution in [0.4, 0.5) is 8.78 Å². The van der Waals surface area contributed by atoms with Gasteiger partial charge in [0.15, 0.2) is 5.75 Å². The van der Waals surface area contributed by atoms with Gasteiger partial charge in [0.1, 0.15) is 6.61 Å². The molecule has 0 spiro atoms. The molecule has 3 aliphatic heterocycles. The fourth-order valence-electron chi connectivity index (χ4n) is 3.88. The third kappa shape index (κ3) is 2.92. The summed E-state index contributed by atoms with van der Waals surface area (Å²) in [6.07, 6.45) is -0.409. The zero-order valence-electron chi connectivity index (χ0n) is 16.6. The van der Waals surface area contributed by atoms with Crippen molar-refractivity contribution in [1.82, 2.24) is 4.90 Å². The van der Waals surface area contributed by atoms with Crippen molar-refractivity contribution in [1.29, 1.82) is 0 Å². The number of fused-ring (bicyclic) bond motifs is 2. The molecule has 5 nitrogen and oxygen atoms in total. The lowest BCUT2D eigenvalue weighted by Gasteiger charge is -2.32. The van der Waals surface area contributed by atoms with Crippen LogP contribution in [0, 0.1) is 6.92 Å². The number of hydrogen-bond donors (Lipinski definition) is 0. The largest absolute Gasteiger partial charge is 0.495 e. The van der Waals surface area contributed by atoms with E-state index in [2.05, 4.69) is 0 Å². The molecule has 0 bridgehead atoms. The van der Waals surface area contributed by atoms with Crippen LogP contribution < -0.4 is 10.2 Å². The standard InChI is InChI=1S/C19H23BClF2NO4/c1-10-13(20-27-17(2,3)18(4,5)28-20)6-12-15(14(10)21)26-8-11-7-19(22,23)9-24(11)16(12)25/h6,11H,7-9H2,1-5H3/t11-/m1/s1. The van der Waals surface area contributed by atoms with Crippen LogP contribution in [0.2, 0.25) is 5.02 Å². The second kappa shape index (κ2) is 6.06. The maximum absolute atomic E-state index is 13.9. The molecule has 0 radical (unpaired) electrons. The average molecular weight is 414 g/mol. The molecule has 1 aromatic rings. The molecule has 152 valence electrons. The summed E-state index contributed by atoms with van der Waals surface area (Å²) in [5.74, 6) is -3.18. The first kappa shape index (κ1) is 19.9. The Morgan fingerprint density at radius 1 is 1.21 bits per heavy atom. The van der Waals surface area contributed by atoms with Crippen molar-refractivity contribution >= 4 is 30.1 Å². The van der Waals surface area contributed by atoms with Crippen LogP contribution in [0.3, 0.4) is 0 Å². The number of ether oxygens (including phenoxy) is 1. The number of alkyl halides is 2. The fourth-order valence-corrected chi connectivity index (χ4v) is 4.14. The summed E-state index contributed by atoms with van der Waals surface area (Å²) in [6, 6.07) is 0.937. The first-order chi connectivity index (χ1) is 12.8. The Morgan fingerprint density at radius 3 is 2.43 bits per heavy atom. The Labute approximate surface area is 168 Å². The van der Waals surface area contributed by atoms with Crippen LogP contribution in [0.5, 0.6) is 5.75 Å². The van der Waals surface area contributed by atoms with Crippen molar-refractivity contribution in [2.24, 2.45) is 0 Å². The Morgan fingerprint density at radius 2 is 1.82 bits per heavy atom. The summed E-state index contributed by atoms with van der Waals surface area (Å²) in [4.78, 5) is 14.2. The molecule has 9 heteroatoms. The van der Waals surface area contributed by atoms with E-state index in [-0.39, 0.29) is 22.9 Å². The highest BCUT2D eigenvalue weighted by molar-refractivity contribution is 6.63. The van der Waals surface area contributed by atoms with Crippen molar-refractivity contribution < 1.29 is 27.6 Å². The third-order valence-corrected chi connectivity index (χ3v) is 6.76. The first-order valence-corrected chi connectivity index (χ1v) is 9.71. The minimum absolute atomic E-state index is 0.0106. The Kier molecular flexibility index (Phi) is 4.31. The van der Waals surface area contributed by atoms with Gasteiger partial charge in [0.2, 0.25) is 0 Å². The number of nitrogens with zero attached hydrogens (tertiary/aromatic N) is 1. The summed E-state index contributed by atoms with van der Waals surface area (Å²) < 4.78 is 45.6. The van der Waals surface area contributed by atoms with E-state index in [1.165, 1.54) is 4.90 Å². The van der Waals surface area contributed by atoms with E-state index in [4.69, 9.17) is 25.6 Å². The monoisotopic (exact) mass is 413 g/mol. The number of benzene rings is 1. The number of carbonyl (C=O) groups is 1. The van der Waals surface area contributed by atoms with E-state index in [9.17, 15) is 13.6 Å². The molecule has 2 saturated heterocycles. The molecular formula is C19H23BClF2NO4. The van der Waals surface area contributed by atoms with Gasteiger partial charge in [-0.1, -0.05) is 11.6 Å². The minimum atomic E-state index is -2.91. The molecule has 3 aliphatic rings. The van der Waals surface area contributed by atoms with Gasteiger partial charge in [0.25, 0.3) is 11.8 Å². The lowest BCUT2D eigenvalue weighted by molar-refractivity contribution is 0.00578. The van der Waals surface area contributed by atoms with Crippen LogP contribution >= 0.6 is 11.6 Å². The van der Waals surface area contributed by atoms with Crippen LogP contribution in [0.15, 0.2) is 6.07 Å². The number of hydrogen-bond acceptors (Lipinski definition) is 4. The predicted octanol–water partition coefficient (Wildman–Crippen LogP) is 3.19. The van der Waals surface area contributed by atoms with Crippen molar-refractivity contribution in [2.75, 3.05) is 13.2 Å². The molecule has 1 aromatic carbocycles. The summed E-state index contributed by atoms with van der Waals surface area (Å²) >= 11 is 6.53. The lowest BCUT2D eigenvalue weighted by atomic mass is 9.75. The second-order valence-corrected chi connectivity index (χ2v) is 9.21. The van der Waals surface area contributed by atoms with Crippen molar-refractivity contribution in [3.8, 4) is 5.75 Å². The second-order valence-electron chi connectivity index (χ2n) is 8.83. The fraction of sp³-hybridized carbons (Fsp3) is 0.632. The quantitative estimate of drug-likeness (QED) is 0.664. The molecule has 0 aliphatic carbocycles. The van der Waals surface area contributed by atoms with Gasteiger partial charge in [0, 0.05) is 6.42 Å². The van der Waals surface area contributed by atoms with Gasteiger partial charge < -0.3 is 18.9 Å². The molecule has 1 atom stereocenters. The number of halogens is 3. The number of carbonyl (C=O) groups excluding carboxylic acids is 1. The first-order valence-electron chi connectivity index (χ1n) is 9.33. The minimum Gasteiger partial charge on any atom is -0.489 e. The van der Waals surface area contributed by atoms with E-state index in [1.807, 2.05) is 27.7 Å². The molecule has 4 rings (SSSR count). The lowest BCUT2D eigenvalue weighted by Crippen LogP contribution is -2.41. The summed E-state index contributed by atoms with van der Waals surface area (Å²) in [5.41, 5.74) is 0.321. The van der Waals surface area contributed by atoms with E-state index in [0.29, 0.717) is 11.0 Å². The molecule has 0 unspecified atom stereocenters. The normalized spacial score (nSPS) is 27.3. The van der Waals surface area contributed by atoms with Gasteiger partial charge in [0.05, 0.1) is 34.4 Å². The Bertz CT molecular complexity index is 845. The molecule has 2 fully saturated rings. The molecule has 1 amide bonds. The van der Waals surface area contributed by atoms with Crippen molar-refractivity contribution in [2.45, 2.75) is 64.2 Å². The predicted molar refractivity (Wildman–Crippen MR) is 102 cm³/mol. The molecular weight excluding hydrogens is 390 g/mol. The van der Waals surface area contributed by atoms with Gasteiger partial charge >= 0.3 is 7.12 Å². The Balaban J connectivity index is 1.77. The summed E-state index contributed by atoms with van der Waals surface area (Å²) in [6.45, 7) is 8.89. The van der Waals surface area contributed by atoms with Crippen LogP contribution in [-0.2, 0) is 9.31 Å². The maximum atomic E-state index is 13.9. The molecule has 0 aromatic heterocycles. The van der Waals surface area contributed by atoms with Crippen molar-refractivity contribution in [3.05, 3.63) is 22.2 Å².